The Balaban J connectivity index is 2.06. The zero-order valence-corrected chi connectivity index (χ0v) is 14.0. The van der Waals surface area contributed by atoms with Gasteiger partial charge in [-0.2, -0.15) is 0 Å². The van der Waals surface area contributed by atoms with E-state index in [0.717, 1.165) is 38.4 Å². The number of hydrogen-bond donors (Lipinski definition) is 3. The maximum atomic E-state index is 13.4. The zero-order chi connectivity index (χ0) is 17.5. The lowest BCUT2D eigenvalue weighted by molar-refractivity contribution is -0.119. The van der Waals surface area contributed by atoms with Crippen molar-refractivity contribution < 1.29 is 14.3 Å². The highest BCUT2D eigenvalue weighted by atomic mass is 19.1. The average molecular weight is 336 g/mol. The van der Waals surface area contributed by atoms with Gasteiger partial charge in [0.2, 0.25) is 5.91 Å². The Hall–Kier alpha value is -2.31. The number of primary amides is 1. The molecule has 1 heterocycles. The fourth-order valence-corrected chi connectivity index (χ4v) is 2.95. The number of phenolic OH excluding ortho intramolecular Hbond substituents is 1. The van der Waals surface area contributed by atoms with E-state index in [1.54, 1.807) is 6.07 Å². The SMILES string of the molecule is CCNC(=NCc1ccc(O)c(F)c1)N1CCCC(CC(N)=O)C1. The number of nitrogens with two attached hydrogens (primary N) is 1. The van der Waals surface area contributed by atoms with E-state index in [0.29, 0.717) is 18.5 Å². The van der Waals surface area contributed by atoms with Crippen LogP contribution in [-0.2, 0) is 11.3 Å². The summed E-state index contributed by atoms with van der Waals surface area (Å²) < 4.78 is 13.4. The molecule has 1 saturated heterocycles. The van der Waals surface area contributed by atoms with E-state index in [4.69, 9.17) is 5.73 Å². The highest BCUT2D eigenvalue weighted by Gasteiger charge is 2.23. The third-order valence-electron chi connectivity index (χ3n) is 4.07. The topological polar surface area (TPSA) is 91.0 Å². The number of piperidine rings is 1. The minimum absolute atomic E-state index is 0.242. The maximum Gasteiger partial charge on any atom is 0.217 e. The standard InChI is InChI=1S/C17H25FN4O2/c1-2-20-17(21-10-12-5-6-15(23)14(18)8-12)22-7-3-4-13(11-22)9-16(19)24/h5-6,8,13,23H,2-4,7,9-11H2,1H3,(H2,19,24)(H,20,21). The van der Waals surface area contributed by atoms with Gasteiger partial charge in [0, 0.05) is 26.1 Å². The van der Waals surface area contributed by atoms with Gasteiger partial charge in [-0.05, 0) is 43.4 Å². The molecule has 0 radical (unpaired) electrons. The predicted molar refractivity (Wildman–Crippen MR) is 91.0 cm³/mol. The highest BCUT2D eigenvalue weighted by molar-refractivity contribution is 5.80. The monoisotopic (exact) mass is 336 g/mol. The Bertz CT molecular complexity index is 606. The summed E-state index contributed by atoms with van der Waals surface area (Å²) in [5.41, 5.74) is 5.99. The number of nitrogens with zero attached hydrogens (tertiary/aromatic N) is 2. The van der Waals surface area contributed by atoms with Crippen LogP contribution in [0.15, 0.2) is 23.2 Å². The number of phenols is 1. The number of aliphatic imine (C=N–C) groups is 1. The third kappa shape index (κ3) is 5.11. The predicted octanol–water partition coefficient (Wildman–Crippen LogP) is 1.58. The van der Waals surface area contributed by atoms with Crippen LogP contribution < -0.4 is 11.1 Å². The summed E-state index contributed by atoms with van der Waals surface area (Å²) in [5.74, 6) is -0.290. The lowest BCUT2D eigenvalue weighted by Crippen LogP contribution is -2.47. The Morgan fingerprint density at radius 3 is 3.00 bits per heavy atom. The molecule has 7 heteroatoms. The summed E-state index contributed by atoms with van der Waals surface area (Å²) in [4.78, 5) is 17.8. The molecular weight excluding hydrogens is 311 g/mol. The van der Waals surface area contributed by atoms with Crippen LogP contribution in [-0.4, -0.2) is 41.5 Å². The largest absolute Gasteiger partial charge is 0.505 e. The maximum absolute atomic E-state index is 13.4. The minimum atomic E-state index is -0.646. The molecule has 0 spiro atoms. The van der Waals surface area contributed by atoms with E-state index in [2.05, 4.69) is 15.2 Å². The molecular formula is C17H25FN4O2. The molecule has 1 amide bonds. The minimum Gasteiger partial charge on any atom is -0.505 e. The second-order valence-corrected chi connectivity index (χ2v) is 6.08. The summed E-state index contributed by atoms with van der Waals surface area (Å²) in [6.07, 6.45) is 2.36. The summed E-state index contributed by atoms with van der Waals surface area (Å²) in [7, 11) is 0. The van der Waals surface area contributed by atoms with Crippen molar-refractivity contribution in [3.63, 3.8) is 0 Å². The molecule has 1 fully saturated rings. The molecule has 1 atom stereocenters. The number of aromatic hydroxyl groups is 1. The van der Waals surface area contributed by atoms with Crippen molar-refractivity contribution >= 4 is 11.9 Å². The molecule has 4 N–H and O–H groups in total. The quantitative estimate of drug-likeness (QED) is 0.562. The molecule has 1 aliphatic rings. The van der Waals surface area contributed by atoms with Gasteiger partial charge in [0.05, 0.1) is 6.54 Å². The number of guanidine groups is 1. The van der Waals surface area contributed by atoms with Crippen molar-refractivity contribution in [3.05, 3.63) is 29.6 Å². The number of nitrogens with one attached hydrogen (secondary N) is 1. The van der Waals surface area contributed by atoms with Gasteiger partial charge in [0.15, 0.2) is 17.5 Å². The molecule has 2 rings (SSSR count). The first kappa shape index (κ1) is 18.0. The fraction of sp³-hybridized carbons (Fsp3) is 0.529. The van der Waals surface area contributed by atoms with Gasteiger partial charge >= 0.3 is 0 Å². The van der Waals surface area contributed by atoms with Crippen LogP contribution in [0.4, 0.5) is 4.39 Å². The van der Waals surface area contributed by atoms with E-state index in [9.17, 15) is 14.3 Å². The zero-order valence-electron chi connectivity index (χ0n) is 14.0. The van der Waals surface area contributed by atoms with Gasteiger partial charge in [-0.15, -0.1) is 0 Å². The fourth-order valence-electron chi connectivity index (χ4n) is 2.95. The second-order valence-electron chi connectivity index (χ2n) is 6.08. The van der Waals surface area contributed by atoms with Crippen LogP contribution in [0.1, 0.15) is 31.7 Å². The van der Waals surface area contributed by atoms with E-state index < -0.39 is 5.82 Å². The average Bonchev–Trinajstić information content (AvgIpc) is 2.54. The lowest BCUT2D eigenvalue weighted by atomic mass is 9.95. The summed E-state index contributed by atoms with van der Waals surface area (Å²) in [6, 6.07) is 4.27. The number of rotatable bonds is 5. The summed E-state index contributed by atoms with van der Waals surface area (Å²) >= 11 is 0. The van der Waals surface area contributed by atoms with Crippen LogP contribution in [0.5, 0.6) is 5.75 Å². The molecule has 0 bridgehead atoms. The van der Waals surface area contributed by atoms with Crippen molar-refractivity contribution in [3.8, 4) is 5.75 Å². The van der Waals surface area contributed by atoms with Gasteiger partial charge in [0.1, 0.15) is 0 Å². The van der Waals surface area contributed by atoms with Crippen molar-refractivity contribution in [2.75, 3.05) is 19.6 Å². The van der Waals surface area contributed by atoms with Crippen molar-refractivity contribution in [1.82, 2.24) is 10.2 Å². The van der Waals surface area contributed by atoms with Gasteiger partial charge in [-0.25, -0.2) is 9.38 Å². The number of halogens is 1. The number of carbonyl (C=O) groups excluding carboxylic acids is 1. The molecule has 132 valence electrons. The second kappa shape index (κ2) is 8.52. The van der Waals surface area contributed by atoms with Crippen LogP contribution in [0, 0.1) is 11.7 Å². The van der Waals surface area contributed by atoms with E-state index in [1.807, 2.05) is 6.92 Å². The van der Waals surface area contributed by atoms with Crippen LogP contribution in [0.2, 0.25) is 0 Å². The summed E-state index contributed by atoms with van der Waals surface area (Å²) in [5, 5.41) is 12.5. The Morgan fingerprint density at radius 2 is 2.33 bits per heavy atom. The normalized spacial score (nSPS) is 18.5. The molecule has 6 nitrogen and oxygen atoms in total. The van der Waals surface area contributed by atoms with Crippen LogP contribution in [0.3, 0.4) is 0 Å². The first-order valence-electron chi connectivity index (χ1n) is 8.28. The van der Waals surface area contributed by atoms with Gasteiger partial charge in [0.25, 0.3) is 0 Å². The van der Waals surface area contributed by atoms with Gasteiger partial charge in [-0.3, -0.25) is 4.79 Å². The van der Waals surface area contributed by atoms with Crippen molar-refractivity contribution in [2.24, 2.45) is 16.6 Å². The number of hydrogen-bond acceptors (Lipinski definition) is 3. The van der Waals surface area contributed by atoms with E-state index in [-0.39, 0.29) is 17.6 Å². The molecule has 1 aromatic carbocycles. The molecule has 0 aromatic heterocycles. The Kier molecular flexibility index (Phi) is 6.40. The number of amides is 1. The Labute approximate surface area is 141 Å². The number of benzene rings is 1. The third-order valence-corrected chi connectivity index (χ3v) is 4.07. The van der Waals surface area contributed by atoms with E-state index in [1.165, 1.54) is 12.1 Å². The smallest absolute Gasteiger partial charge is 0.217 e. The van der Waals surface area contributed by atoms with Crippen molar-refractivity contribution in [2.45, 2.75) is 32.7 Å². The molecule has 24 heavy (non-hydrogen) atoms. The summed E-state index contributed by atoms with van der Waals surface area (Å²) in [6.45, 7) is 4.63. The van der Waals surface area contributed by atoms with Gasteiger partial charge < -0.3 is 21.1 Å². The van der Waals surface area contributed by atoms with Crippen molar-refractivity contribution in [1.29, 1.82) is 0 Å². The molecule has 1 aromatic rings. The van der Waals surface area contributed by atoms with Gasteiger partial charge in [-0.1, -0.05) is 6.07 Å². The first-order chi connectivity index (χ1) is 11.5. The lowest BCUT2D eigenvalue weighted by Gasteiger charge is -2.34. The molecule has 0 saturated carbocycles. The van der Waals surface area contributed by atoms with E-state index >= 15 is 0 Å². The molecule has 1 unspecified atom stereocenters. The van der Waals surface area contributed by atoms with Crippen LogP contribution in [0.25, 0.3) is 0 Å². The number of carbonyl (C=O) groups is 1. The number of likely N-dealkylation sites (tertiary alicyclic amines) is 1. The van der Waals surface area contributed by atoms with Crippen LogP contribution >= 0.6 is 0 Å². The highest BCUT2D eigenvalue weighted by Crippen LogP contribution is 2.20. The molecule has 1 aliphatic heterocycles. The Morgan fingerprint density at radius 1 is 1.54 bits per heavy atom. The molecule has 0 aliphatic carbocycles. The first-order valence-corrected chi connectivity index (χ1v) is 8.28.